The molecule has 14 heteroatoms. The molecule has 2 fully saturated rings. The molecule has 6 aromatic rings. The standard InChI is InChI=1S/2C25H26N2O3S2.6C2H6/c2*28-23(13-17-5-2-1-3-6-17)26-22-11-10-18-14-19-8-9-20(15-21(18)16-22)25(19)27-32(29,30)24-7-4-12-31-24;6*1-2/h2*1-7,10-12,16,19-20,25,27H,8-9,13-15H2,(H,26,28);6*1-2H3. The van der Waals surface area contributed by atoms with E-state index in [1.54, 1.807) is 35.0 Å². The van der Waals surface area contributed by atoms with E-state index >= 15 is 0 Å². The lowest BCUT2D eigenvalue weighted by Crippen LogP contribution is -2.41. The number of hydrogen-bond donors (Lipinski definition) is 4. The lowest BCUT2D eigenvalue weighted by molar-refractivity contribution is -0.116. The van der Waals surface area contributed by atoms with Gasteiger partial charge in [0.1, 0.15) is 8.42 Å². The van der Waals surface area contributed by atoms with Gasteiger partial charge < -0.3 is 10.6 Å². The van der Waals surface area contributed by atoms with Crippen LogP contribution < -0.4 is 20.1 Å². The van der Waals surface area contributed by atoms with Crippen LogP contribution in [-0.2, 0) is 68.2 Å². The Morgan fingerprint density at radius 2 is 0.737 bits per heavy atom. The van der Waals surface area contributed by atoms with Crippen molar-refractivity contribution in [2.24, 2.45) is 23.7 Å². The third kappa shape index (κ3) is 18.6. The van der Waals surface area contributed by atoms with Crippen molar-refractivity contribution in [3.8, 4) is 0 Å². The average molecular weight is 1110 g/mol. The molecule has 2 amide bonds. The molecule has 10 nitrogen and oxygen atoms in total. The van der Waals surface area contributed by atoms with Crippen molar-refractivity contribution in [3.05, 3.63) is 165 Å². The van der Waals surface area contributed by atoms with E-state index in [1.807, 2.05) is 156 Å². The third-order valence-corrected chi connectivity index (χ3v) is 19.0. The molecule has 2 heterocycles. The van der Waals surface area contributed by atoms with Crippen molar-refractivity contribution in [2.45, 2.75) is 168 Å². The minimum absolute atomic E-state index is 0.0344. The molecule has 0 radical (unpaired) electrons. The Kier molecular flexibility index (Phi) is 29.3. The highest BCUT2D eigenvalue weighted by Crippen LogP contribution is 2.43. The monoisotopic (exact) mass is 1110 g/mol. The normalized spacial score (nSPS) is 19.2. The van der Waals surface area contributed by atoms with Crippen LogP contribution >= 0.6 is 22.7 Å². The molecule has 4 aromatic carbocycles. The van der Waals surface area contributed by atoms with Crippen LogP contribution in [0.4, 0.5) is 11.4 Å². The van der Waals surface area contributed by atoms with Crippen LogP contribution in [-0.4, -0.2) is 40.7 Å². The third-order valence-electron chi connectivity index (χ3n) is 13.3. The van der Waals surface area contributed by atoms with Gasteiger partial charge in [0.05, 0.1) is 12.8 Å². The number of sulfonamides is 2. The topological polar surface area (TPSA) is 151 Å². The van der Waals surface area contributed by atoms with E-state index in [1.165, 1.54) is 44.9 Å². The van der Waals surface area contributed by atoms with Crippen LogP contribution in [0.5, 0.6) is 0 Å². The molecule has 4 aliphatic carbocycles. The quantitative estimate of drug-likeness (QED) is 0.0958. The van der Waals surface area contributed by atoms with Gasteiger partial charge >= 0.3 is 0 Å². The van der Waals surface area contributed by atoms with Crippen LogP contribution in [0.15, 0.2) is 141 Å². The first-order valence-electron chi connectivity index (χ1n) is 28.0. The molecule has 4 bridgehead atoms. The SMILES string of the molecule is CC.CC.CC.CC.CC.CC.O=C(Cc1ccccc1)Nc1ccc2c(c1)CC1CCC(C2)C1NS(=O)(=O)c1cccs1.O=C(Cc1ccccc1)Nc1ccc2c(c1)CC1CCC(C2)C1NS(=O)(=O)c1cccs1. The van der Waals surface area contributed by atoms with Gasteiger partial charge in [-0.25, -0.2) is 26.3 Å². The predicted octanol–water partition coefficient (Wildman–Crippen LogP) is 15.0. The van der Waals surface area contributed by atoms with Crippen molar-refractivity contribution >= 4 is 65.9 Å². The zero-order chi connectivity index (χ0) is 56.3. The van der Waals surface area contributed by atoms with Gasteiger partial charge in [-0.2, -0.15) is 0 Å². The van der Waals surface area contributed by atoms with Crippen LogP contribution in [0.2, 0.25) is 0 Å². The van der Waals surface area contributed by atoms with Crippen LogP contribution in [0.3, 0.4) is 0 Å². The Morgan fingerprint density at radius 3 is 1.04 bits per heavy atom. The highest BCUT2D eigenvalue weighted by molar-refractivity contribution is 7.92. The molecule has 2 aromatic heterocycles. The molecule has 76 heavy (non-hydrogen) atoms. The first-order chi connectivity index (χ1) is 37.0. The molecule has 0 spiro atoms. The zero-order valence-electron chi connectivity index (χ0n) is 47.3. The van der Waals surface area contributed by atoms with Gasteiger partial charge in [-0.3, -0.25) is 9.59 Å². The number of benzene rings is 4. The highest BCUT2D eigenvalue weighted by Gasteiger charge is 2.43. The van der Waals surface area contributed by atoms with Gasteiger partial charge in [0.2, 0.25) is 31.9 Å². The van der Waals surface area contributed by atoms with Gasteiger partial charge in [0.25, 0.3) is 0 Å². The van der Waals surface area contributed by atoms with Crippen molar-refractivity contribution in [2.75, 3.05) is 10.6 Å². The molecule has 10 rings (SSSR count). The van der Waals surface area contributed by atoms with E-state index in [4.69, 9.17) is 0 Å². The number of thiophene rings is 2. The average Bonchev–Trinajstić information content (AvgIpc) is 4.29. The summed E-state index contributed by atoms with van der Waals surface area (Å²) in [5, 5.41) is 9.63. The minimum Gasteiger partial charge on any atom is -0.326 e. The largest absolute Gasteiger partial charge is 0.326 e. The highest BCUT2D eigenvalue weighted by atomic mass is 32.3. The van der Waals surface area contributed by atoms with E-state index in [2.05, 4.69) is 44.3 Å². The van der Waals surface area contributed by atoms with Gasteiger partial charge in [-0.15, -0.1) is 22.7 Å². The fourth-order valence-electron chi connectivity index (χ4n) is 10.2. The van der Waals surface area contributed by atoms with Crippen molar-refractivity contribution in [3.63, 3.8) is 0 Å². The van der Waals surface area contributed by atoms with E-state index in [9.17, 15) is 26.4 Å². The predicted molar refractivity (Wildman–Crippen MR) is 323 cm³/mol. The van der Waals surface area contributed by atoms with Crippen molar-refractivity contribution < 1.29 is 26.4 Å². The number of nitrogens with one attached hydrogen (secondary N) is 4. The summed E-state index contributed by atoms with van der Waals surface area (Å²) in [6.07, 6.45) is 8.18. The number of fused-ring (bicyclic) bond motifs is 6. The van der Waals surface area contributed by atoms with E-state index in [-0.39, 0.29) is 35.7 Å². The molecule has 2 saturated carbocycles. The molecular weight excluding hydrogens is 1020 g/mol. The Morgan fingerprint density at radius 1 is 0.421 bits per heavy atom. The number of carbonyl (C=O) groups is 2. The van der Waals surface area contributed by atoms with Crippen LogP contribution in [0, 0.1) is 23.7 Å². The summed E-state index contributed by atoms with van der Waals surface area (Å²) in [5.41, 5.74) is 8.54. The maximum Gasteiger partial charge on any atom is 0.250 e. The number of rotatable bonds is 12. The molecule has 4 aliphatic rings. The Labute approximate surface area is 466 Å². The minimum atomic E-state index is -3.49. The number of hydrogen-bond acceptors (Lipinski definition) is 8. The number of anilines is 2. The number of carbonyl (C=O) groups excluding carboxylic acids is 2. The van der Waals surface area contributed by atoms with Crippen LogP contribution in [0.1, 0.15) is 142 Å². The molecule has 6 atom stereocenters. The van der Waals surface area contributed by atoms with Gasteiger partial charge in [-0.1, -0.05) is 168 Å². The lowest BCUT2D eigenvalue weighted by Gasteiger charge is -2.23. The van der Waals surface area contributed by atoms with E-state index < -0.39 is 20.0 Å². The molecule has 416 valence electrons. The molecule has 0 aliphatic heterocycles. The summed E-state index contributed by atoms with van der Waals surface area (Å²) in [5.74, 6) is 1.07. The molecule has 0 saturated heterocycles. The first-order valence-corrected chi connectivity index (χ1v) is 32.7. The van der Waals surface area contributed by atoms with E-state index in [0.29, 0.717) is 33.1 Å². The molecule has 4 N–H and O–H groups in total. The van der Waals surface area contributed by atoms with E-state index in [0.717, 1.165) is 73.9 Å². The summed E-state index contributed by atoms with van der Waals surface area (Å²) in [6, 6.07) is 38.4. The first kappa shape index (κ1) is 65.3. The Hall–Kier alpha value is -4.96. The van der Waals surface area contributed by atoms with Crippen LogP contribution in [0.25, 0.3) is 0 Å². The maximum absolute atomic E-state index is 12.8. The Bertz CT molecular complexity index is 2610. The van der Waals surface area contributed by atoms with Gasteiger partial charge in [0, 0.05) is 23.5 Å². The Balaban J connectivity index is 0.000000335. The fraction of sp³-hybridized carbons (Fsp3) is 0.452. The molecule has 6 unspecified atom stereocenters. The second-order valence-corrected chi connectivity index (χ2v) is 23.3. The fourth-order valence-corrected chi connectivity index (χ4v) is 15.0. The summed E-state index contributed by atoms with van der Waals surface area (Å²) in [6.45, 7) is 24.0. The second-order valence-electron chi connectivity index (χ2n) is 17.6. The maximum atomic E-state index is 12.8. The lowest BCUT2D eigenvalue weighted by atomic mass is 9.93. The summed E-state index contributed by atoms with van der Waals surface area (Å²) in [4.78, 5) is 25.0. The summed E-state index contributed by atoms with van der Waals surface area (Å²) >= 11 is 2.50. The number of amides is 2. The van der Waals surface area contributed by atoms with Crippen molar-refractivity contribution in [1.29, 1.82) is 0 Å². The zero-order valence-corrected chi connectivity index (χ0v) is 50.6. The smallest absolute Gasteiger partial charge is 0.250 e. The summed E-state index contributed by atoms with van der Waals surface area (Å²) < 4.78 is 58.2. The van der Waals surface area contributed by atoms with Gasteiger partial charge in [0.15, 0.2) is 0 Å². The summed E-state index contributed by atoms with van der Waals surface area (Å²) in [7, 11) is -6.98. The van der Waals surface area contributed by atoms with Crippen molar-refractivity contribution in [1.82, 2.24) is 9.44 Å². The van der Waals surface area contributed by atoms with Gasteiger partial charge in [-0.05, 0) is 156 Å². The second kappa shape index (κ2) is 34.0. The molecular formula is C62H88N4O6S4.